The van der Waals surface area contributed by atoms with Gasteiger partial charge in [0.05, 0.1) is 19.3 Å². The van der Waals surface area contributed by atoms with E-state index in [0.717, 1.165) is 6.20 Å². The first-order valence-electron chi connectivity index (χ1n) is 4.54. The Balaban J connectivity index is 3.30. The van der Waals surface area contributed by atoms with E-state index in [0.29, 0.717) is 0 Å². The van der Waals surface area contributed by atoms with Crippen LogP contribution in [0.3, 0.4) is 0 Å². The number of aliphatic hydroxyl groups excluding tert-OH is 1. The van der Waals surface area contributed by atoms with E-state index in [-0.39, 0.29) is 23.6 Å². The van der Waals surface area contributed by atoms with Crippen LogP contribution in [-0.4, -0.2) is 23.6 Å². The molecule has 0 aliphatic heterocycles. The molecule has 0 saturated carbocycles. The van der Waals surface area contributed by atoms with Crippen LogP contribution in [0.4, 0.5) is 13.2 Å². The zero-order chi connectivity index (χ0) is 13.1. The average molecular weight is 252 g/mol. The third-order valence-corrected chi connectivity index (χ3v) is 1.95. The van der Waals surface area contributed by atoms with Gasteiger partial charge in [0, 0.05) is 18.3 Å². The lowest BCUT2D eigenvalue weighted by molar-refractivity contribution is -0.275. The highest BCUT2D eigenvalue weighted by Gasteiger charge is 2.34. The minimum absolute atomic E-state index is 0.0450. The lowest BCUT2D eigenvalue weighted by Gasteiger charge is -2.17. The molecule has 0 aliphatic carbocycles. The van der Waals surface area contributed by atoms with Crippen molar-refractivity contribution in [3.63, 3.8) is 0 Å². The molecule has 1 aromatic rings. The van der Waals surface area contributed by atoms with Gasteiger partial charge in [-0.05, 0) is 0 Å². The second kappa shape index (κ2) is 5.19. The van der Waals surface area contributed by atoms with E-state index in [1.807, 2.05) is 0 Å². The fourth-order valence-corrected chi connectivity index (χ4v) is 1.28. The molecule has 0 aromatic carbocycles. The molecular formula is C9H11F3N2O3. The molecule has 0 spiro atoms. The van der Waals surface area contributed by atoms with Crippen molar-refractivity contribution >= 4 is 0 Å². The predicted molar refractivity (Wildman–Crippen MR) is 51.3 cm³/mol. The number of pyridine rings is 1. The largest absolute Gasteiger partial charge is 0.573 e. The normalized spacial score (nSPS) is 11.4. The number of alkyl halides is 3. The van der Waals surface area contributed by atoms with Gasteiger partial charge in [0.1, 0.15) is 5.75 Å². The summed E-state index contributed by atoms with van der Waals surface area (Å²) >= 11 is 0. The van der Waals surface area contributed by atoms with Crippen molar-refractivity contribution in [2.24, 2.45) is 5.73 Å². The number of methoxy groups -OCH3 is 1. The molecule has 0 amide bonds. The molecule has 8 heteroatoms. The SMILES string of the molecule is COc1ncc(CO)c(OC(F)(F)F)c1CN. The topological polar surface area (TPSA) is 77.6 Å². The molecule has 0 aliphatic rings. The van der Waals surface area contributed by atoms with E-state index in [1.54, 1.807) is 0 Å². The molecule has 0 bridgehead atoms. The molecule has 1 rings (SSSR count). The number of hydrogen-bond donors (Lipinski definition) is 2. The van der Waals surface area contributed by atoms with E-state index >= 15 is 0 Å². The zero-order valence-electron chi connectivity index (χ0n) is 8.91. The van der Waals surface area contributed by atoms with Crippen LogP contribution in [0.2, 0.25) is 0 Å². The Hall–Kier alpha value is -1.54. The molecule has 0 saturated heterocycles. The molecule has 96 valence electrons. The Morgan fingerprint density at radius 2 is 2.12 bits per heavy atom. The molecule has 5 nitrogen and oxygen atoms in total. The summed E-state index contributed by atoms with van der Waals surface area (Å²) in [7, 11) is 1.25. The second-order valence-corrected chi connectivity index (χ2v) is 3.01. The summed E-state index contributed by atoms with van der Waals surface area (Å²) in [5.74, 6) is -0.627. The Labute approximate surface area is 95.0 Å². The van der Waals surface area contributed by atoms with Gasteiger partial charge in [-0.1, -0.05) is 0 Å². The van der Waals surface area contributed by atoms with Crippen molar-refractivity contribution in [2.75, 3.05) is 7.11 Å². The zero-order valence-corrected chi connectivity index (χ0v) is 8.91. The summed E-state index contributed by atoms with van der Waals surface area (Å²) in [6.07, 6.45) is -3.83. The Morgan fingerprint density at radius 1 is 1.47 bits per heavy atom. The molecule has 17 heavy (non-hydrogen) atoms. The van der Waals surface area contributed by atoms with Gasteiger partial charge in [-0.2, -0.15) is 0 Å². The van der Waals surface area contributed by atoms with Gasteiger partial charge in [-0.25, -0.2) is 4.98 Å². The van der Waals surface area contributed by atoms with Crippen molar-refractivity contribution in [2.45, 2.75) is 19.5 Å². The van der Waals surface area contributed by atoms with Crippen molar-refractivity contribution in [3.8, 4) is 11.6 Å². The molecule has 0 fully saturated rings. The van der Waals surface area contributed by atoms with Crippen LogP contribution in [0, 0.1) is 0 Å². The highest BCUT2D eigenvalue weighted by molar-refractivity contribution is 5.45. The van der Waals surface area contributed by atoms with Crippen LogP contribution in [0.1, 0.15) is 11.1 Å². The quantitative estimate of drug-likeness (QED) is 0.833. The van der Waals surface area contributed by atoms with Crippen LogP contribution in [0.15, 0.2) is 6.20 Å². The molecule has 0 radical (unpaired) electrons. The van der Waals surface area contributed by atoms with Crippen LogP contribution >= 0.6 is 0 Å². The van der Waals surface area contributed by atoms with Crippen molar-refractivity contribution in [3.05, 3.63) is 17.3 Å². The fourth-order valence-electron chi connectivity index (χ4n) is 1.28. The first kappa shape index (κ1) is 13.5. The Morgan fingerprint density at radius 3 is 2.53 bits per heavy atom. The molecule has 3 N–H and O–H groups in total. The van der Waals surface area contributed by atoms with Crippen LogP contribution < -0.4 is 15.2 Å². The van der Waals surface area contributed by atoms with Crippen LogP contribution in [-0.2, 0) is 13.2 Å². The van der Waals surface area contributed by atoms with Gasteiger partial charge in [-0.3, -0.25) is 0 Å². The summed E-state index contributed by atoms with van der Waals surface area (Å²) in [4.78, 5) is 3.72. The van der Waals surface area contributed by atoms with Gasteiger partial charge in [0.15, 0.2) is 0 Å². The Bertz CT molecular complexity index is 396. The average Bonchev–Trinajstić information content (AvgIpc) is 2.26. The second-order valence-electron chi connectivity index (χ2n) is 3.01. The smallest absolute Gasteiger partial charge is 0.481 e. The van der Waals surface area contributed by atoms with Crippen LogP contribution in [0.25, 0.3) is 0 Å². The van der Waals surface area contributed by atoms with Crippen molar-refractivity contribution < 1.29 is 27.8 Å². The lowest BCUT2D eigenvalue weighted by Crippen LogP contribution is -2.20. The van der Waals surface area contributed by atoms with Crippen molar-refractivity contribution in [1.82, 2.24) is 4.98 Å². The number of nitrogens with two attached hydrogens (primary N) is 1. The molecule has 0 atom stereocenters. The summed E-state index contributed by atoms with van der Waals surface area (Å²) in [6, 6.07) is 0. The van der Waals surface area contributed by atoms with E-state index < -0.39 is 18.7 Å². The lowest BCUT2D eigenvalue weighted by atomic mass is 10.1. The number of hydrogen-bond acceptors (Lipinski definition) is 5. The van der Waals surface area contributed by atoms with Gasteiger partial charge < -0.3 is 20.3 Å². The highest BCUT2D eigenvalue weighted by Crippen LogP contribution is 2.34. The number of ether oxygens (including phenoxy) is 2. The summed E-state index contributed by atoms with van der Waals surface area (Å²) in [5, 5.41) is 8.93. The Kier molecular flexibility index (Phi) is 4.13. The summed E-state index contributed by atoms with van der Waals surface area (Å²) in [6.45, 7) is -0.898. The number of nitrogens with zero attached hydrogens (tertiary/aromatic N) is 1. The van der Waals surface area contributed by atoms with E-state index in [1.165, 1.54) is 7.11 Å². The van der Waals surface area contributed by atoms with E-state index in [9.17, 15) is 13.2 Å². The maximum Gasteiger partial charge on any atom is 0.573 e. The van der Waals surface area contributed by atoms with Crippen LogP contribution in [0.5, 0.6) is 11.6 Å². The third kappa shape index (κ3) is 3.21. The molecule has 0 unspecified atom stereocenters. The van der Waals surface area contributed by atoms with E-state index in [2.05, 4.69) is 9.72 Å². The minimum atomic E-state index is -4.87. The summed E-state index contributed by atoms with van der Waals surface area (Å²) in [5.41, 5.74) is 5.17. The number of rotatable bonds is 4. The first-order valence-corrected chi connectivity index (χ1v) is 4.54. The maximum atomic E-state index is 12.2. The number of aliphatic hydroxyl groups is 1. The fraction of sp³-hybridized carbons (Fsp3) is 0.444. The standard InChI is InChI=1S/C9H11F3N2O3/c1-16-8-6(2-13)7(17-9(10,11)12)5(4-15)3-14-8/h3,15H,2,4,13H2,1H3. The summed E-state index contributed by atoms with van der Waals surface area (Å²) < 4.78 is 45.2. The van der Waals surface area contributed by atoms with E-state index in [4.69, 9.17) is 15.6 Å². The minimum Gasteiger partial charge on any atom is -0.481 e. The van der Waals surface area contributed by atoms with Gasteiger partial charge in [0.25, 0.3) is 0 Å². The molecule has 1 heterocycles. The van der Waals surface area contributed by atoms with Crippen molar-refractivity contribution in [1.29, 1.82) is 0 Å². The molecular weight excluding hydrogens is 241 g/mol. The third-order valence-electron chi connectivity index (χ3n) is 1.95. The maximum absolute atomic E-state index is 12.2. The predicted octanol–water partition coefficient (Wildman–Crippen LogP) is 0.940. The van der Waals surface area contributed by atoms with Gasteiger partial charge >= 0.3 is 6.36 Å². The highest BCUT2D eigenvalue weighted by atomic mass is 19.4. The molecule has 1 aromatic heterocycles. The number of aromatic nitrogens is 1. The van der Waals surface area contributed by atoms with Gasteiger partial charge in [0.2, 0.25) is 5.88 Å². The monoisotopic (exact) mass is 252 g/mol. The first-order chi connectivity index (χ1) is 7.92. The van der Waals surface area contributed by atoms with Gasteiger partial charge in [-0.15, -0.1) is 13.2 Å². The number of halogens is 3.